The highest BCUT2D eigenvalue weighted by atomic mass is 32.2. The SMILES string of the molecule is CCOc1ccc(S(=O)(=O)NC[C@@H](O)c2ccc(C)o2)cc1F. The number of aryl methyl sites for hydroxylation is 1. The summed E-state index contributed by atoms with van der Waals surface area (Å²) in [5.74, 6) is 0.0769. The molecule has 2 aromatic rings. The van der Waals surface area contributed by atoms with Crippen molar-refractivity contribution >= 4 is 10.0 Å². The lowest BCUT2D eigenvalue weighted by Crippen LogP contribution is -2.28. The van der Waals surface area contributed by atoms with Gasteiger partial charge >= 0.3 is 0 Å². The molecule has 0 aliphatic heterocycles. The highest BCUT2D eigenvalue weighted by molar-refractivity contribution is 7.89. The molecule has 0 fully saturated rings. The molecule has 8 heteroatoms. The molecule has 6 nitrogen and oxygen atoms in total. The van der Waals surface area contributed by atoms with Gasteiger partial charge in [0, 0.05) is 6.54 Å². The van der Waals surface area contributed by atoms with Crippen molar-refractivity contribution in [3.05, 3.63) is 47.7 Å². The summed E-state index contributed by atoms with van der Waals surface area (Å²) in [5.41, 5.74) is 0. The Morgan fingerprint density at radius 2 is 2.09 bits per heavy atom. The fourth-order valence-corrected chi connectivity index (χ4v) is 2.98. The van der Waals surface area contributed by atoms with E-state index in [1.165, 1.54) is 12.1 Å². The Morgan fingerprint density at radius 3 is 2.65 bits per heavy atom. The third-order valence-corrected chi connectivity index (χ3v) is 4.49. The Balaban J connectivity index is 2.08. The number of furan rings is 1. The van der Waals surface area contributed by atoms with Gasteiger partial charge in [0.25, 0.3) is 0 Å². The van der Waals surface area contributed by atoms with E-state index in [-0.39, 0.29) is 29.6 Å². The molecule has 2 N–H and O–H groups in total. The van der Waals surface area contributed by atoms with Gasteiger partial charge in [0.15, 0.2) is 11.6 Å². The number of sulfonamides is 1. The summed E-state index contributed by atoms with van der Waals surface area (Å²) in [6, 6.07) is 6.58. The first-order chi connectivity index (χ1) is 10.8. The van der Waals surface area contributed by atoms with Gasteiger partial charge < -0.3 is 14.3 Å². The van der Waals surface area contributed by atoms with Crippen LogP contribution in [0, 0.1) is 12.7 Å². The first kappa shape index (κ1) is 17.5. The first-order valence-electron chi connectivity index (χ1n) is 7.00. The second kappa shape index (κ2) is 7.12. The van der Waals surface area contributed by atoms with E-state index in [9.17, 15) is 17.9 Å². The largest absolute Gasteiger partial charge is 0.491 e. The van der Waals surface area contributed by atoms with Crippen LogP contribution in [0.4, 0.5) is 4.39 Å². The second-order valence-corrected chi connectivity index (χ2v) is 6.61. The zero-order valence-electron chi connectivity index (χ0n) is 12.7. The van der Waals surface area contributed by atoms with Crippen LogP contribution in [0.15, 0.2) is 39.6 Å². The zero-order valence-corrected chi connectivity index (χ0v) is 13.6. The van der Waals surface area contributed by atoms with Crippen molar-refractivity contribution in [3.63, 3.8) is 0 Å². The van der Waals surface area contributed by atoms with Gasteiger partial charge in [0.05, 0.1) is 11.5 Å². The molecule has 2 rings (SSSR count). The van der Waals surface area contributed by atoms with Crippen molar-refractivity contribution < 1.29 is 27.1 Å². The topological polar surface area (TPSA) is 88.8 Å². The minimum atomic E-state index is -3.96. The van der Waals surface area contributed by atoms with Gasteiger partial charge in [0.1, 0.15) is 17.6 Å². The van der Waals surface area contributed by atoms with Gasteiger partial charge in [0.2, 0.25) is 10.0 Å². The van der Waals surface area contributed by atoms with Crippen molar-refractivity contribution in [2.45, 2.75) is 24.8 Å². The van der Waals surface area contributed by atoms with Gasteiger partial charge in [-0.2, -0.15) is 0 Å². The van der Waals surface area contributed by atoms with Crippen molar-refractivity contribution in [2.75, 3.05) is 13.2 Å². The molecule has 0 radical (unpaired) electrons. The second-order valence-electron chi connectivity index (χ2n) is 4.84. The van der Waals surface area contributed by atoms with Gasteiger partial charge in [-0.3, -0.25) is 0 Å². The zero-order chi connectivity index (χ0) is 17.0. The number of aliphatic hydroxyl groups is 1. The fourth-order valence-electron chi connectivity index (χ4n) is 1.93. The van der Waals surface area contributed by atoms with Gasteiger partial charge in [-0.1, -0.05) is 0 Å². The third-order valence-electron chi connectivity index (χ3n) is 3.07. The monoisotopic (exact) mass is 343 g/mol. The summed E-state index contributed by atoms with van der Waals surface area (Å²) in [6.07, 6.45) is -1.13. The molecule has 0 amide bonds. The number of hydrogen-bond acceptors (Lipinski definition) is 5. The van der Waals surface area contributed by atoms with Crippen LogP contribution in [-0.4, -0.2) is 26.7 Å². The molecule has 0 aliphatic rings. The number of ether oxygens (including phenoxy) is 1. The van der Waals surface area contributed by atoms with Crippen molar-refractivity contribution in [1.82, 2.24) is 4.72 Å². The Bertz CT molecular complexity index is 772. The van der Waals surface area contributed by atoms with Crippen molar-refractivity contribution in [1.29, 1.82) is 0 Å². The van der Waals surface area contributed by atoms with E-state index in [4.69, 9.17) is 9.15 Å². The van der Waals surface area contributed by atoms with E-state index in [0.29, 0.717) is 5.76 Å². The summed E-state index contributed by atoms with van der Waals surface area (Å²) >= 11 is 0. The molecule has 0 saturated heterocycles. The number of nitrogens with one attached hydrogen (secondary N) is 1. The summed E-state index contributed by atoms with van der Waals surface area (Å²) in [4.78, 5) is -0.249. The van der Waals surface area contributed by atoms with Crippen molar-refractivity contribution in [2.24, 2.45) is 0 Å². The van der Waals surface area contributed by atoms with E-state index in [1.807, 2.05) is 0 Å². The number of halogens is 1. The molecule has 126 valence electrons. The van der Waals surface area contributed by atoms with Crippen molar-refractivity contribution in [3.8, 4) is 5.75 Å². The standard InChI is InChI=1S/C15H18FNO5S/c1-3-21-14-7-5-11(8-12(14)16)23(19,20)17-9-13(18)15-6-4-10(2)22-15/h4-8,13,17-18H,3,9H2,1-2H3/t13-/m1/s1. The average molecular weight is 343 g/mol. The van der Waals surface area contributed by atoms with Crippen LogP contribution in [0.5, 0.6) is 5.75 Å². The molecule has 1 heterocycles. The molecule has 0 spiro atoms. The number of hydrogen-bond donors (Lipinski definition) is 2. The first-order valence-corrected chi connectivity index (χ1v) is 8.48. The van der Waals surface area contributed by atoms with E-state index in [2.05, 4.69) is 4.72 Å². The molecular weight excluding hydrogens is 325 g/mol. The lowest BCUT2D eigenvalue weighted by Gasteiger charge is -2.11. The van der Waals surface area contributed by atoms with Crippen LogP contribution >= 0.6 is 0 Å². The van der Waals surface area contributed by atoms with Gasteiger partial charge in [-0.05, 0) is 44.2 Å². The maximum atomic E-state index is 13.8. The average Bonchev–Trinajstić information content (AvgIpc) is 2.94. The lowest BCUT2D eigenvalue weighted by atomic mass is 10.3. The van der Waals surface area contributed by atoms with Crippen LogP contribution in [-0.2, 0) is 10.0 Å². The van der Waals surface area contributed by atoms with Gasteiger partial charge in [-0.25, -0.2) is 17.5 Å². The van der Waals surface area contributed by atoms with Gasteiger partial charge in [-0.15, -0.1) is 0 Å². The van der Waals surface area contributed by atoms with E-state index < -0.39 is 21.9 Å². The molecule has 0 bridgehead atoms. The molecule has 1 atom stereocenters. The van der Waals surface area contributed by atoms with Crippen LogP contribution < -0.4 is 9.46 Å². The molecule has 1 aromatic carbocycles. The molecule has 0 unspecified atom stereocenters. The quantitative estimate of drug-likeness (QED) is 0.804. The minimum absolute atomic E-state index is 0.0162. The lowest BCUT2D eigenvalue weighted by molar-refractivity contribution is 0.152. The minimum Gasteiger partial charge on any atom is -0.491 e. The Morgan fingerprint density at radius 1 is 1.35 bits per heavy atom. The Labute approximate surface area is 133 Å². The summed E-state index contributed by atoms with van der Waals surface area (Å²) in [5, 5.41) is 9.90. The number of benzene rings is 1. The third kappa shape index (κ3) is 4.31. The Kier molecular flexibility index (Phi) is 5.40. The van der Waals surface area contributed by atoms with Crippen LogP contribution in [0.2, 0.25) is 0 Å². The van der Waals surface area contributed by atoms with Crippen LogP contribution in [0.1, 0.15) is 24.5 Å². The summed E-state index contributed by atoms with van der Waals surface area (Å²) in [6.45, 7) is 3.40. The highest BCUT2D eigenvalue weighted by Gasteiger charge is 2.20. The molecule has 0 aliphatic carbocycles. The summed E-state index contributed by atoms with van der Waals surface area (Å²) < 4.78 is 50.5. The predicted octanol–water partition coefficient (Wildman–Crippen LogP) is 2.14. The highest BCUT2D eigenvalue weighted by Crippen LogP contribution is 2.21. The predicted molar refractivity (Wildman–Crippen MR) is 81.2 cm³/mol. The number of aliphatic hydroxyl groups excluding tert-OH is 1. The summed E-state index contributed by atoms with van der Waals surface area (Å²) in [7, 11) is -3.96. The molecule has 23 heavy (non-hydrogen) atoms. The Hall–Kier alpha value is -1.90. The van der Waals surface area contributed by atoms with E-state index >= 15 is 0 Å². The molecule has 0 saturated carbocycles. The van der Waals surface area contributed by atoms with Crippen LogP contribution in [0.25, 0.3) is 0 Å². The maximum Gasteiger partial charge on any atom is 0.240 e. The van der Waals surface area contributed by atoms with Crippen LogP contribution in [0.3, 0.4) is 0 Å². The van der Waals surface area contributed by atoms with E-state index in [1.54, 1.807) is 26.0 Å². The molecule has 1 aromatic heterocycles. The smallest absolute Gasteiger partial charge is 0.240 e. The maximum absolute atomic E-state index is 13.8. The normalized spacial score (nSPS) is 13.0. The fraction of sp³-hybridized carbons (Fsp3) is 0.333. The number of rotatable bonds is 7. The van der Waals surface area contributed by atoms with E-state index in [0.717, 1.165) is 6.07 Å². The molecular formula is C15H18FNO5S.